The Morgan fingerprint density at radius 2 is 2.19 bits per heavy atom. The van der Waals surface area contributed by atoms with Crippen molar-refractivity contribution in [2.24, 2.45) is 11.7 Å². The summed E-state index contributed by atoms with van der Waals surface area (Å²) in [6, 6.07) is 4.69. The molecule has 0 radical (unpaired) electrons. The number of carbonyl (C=O) groups excluding carboxylic acids is 1. The van der Waals surface area contributed by atoms with Gasteiger partial charge in [-0.15, -0.1) is 0 Å². The molecule has 5 nitrogen and oxygen atoms in total. The van der Waals surface area contributed by atoms with Crippen LogP contribution in [0.2, 0.25) is 5.02 Å². The molecule has 1 aromatic carbocycles. The number of hydrogen-bond acceptors (Lipinski definition) is 3. The van der Waals surface area contributed by atoms with Gasteiger partial charge in [-0.2, -0.15) is 0 Å². The highest BCUT2D eigenvalue weighted by Gasteiger charge is 2.41. The predicted octanol–water partition coefficient (Wildman–Crippen LogP) is 2.88. The van der Waals surface area contributed by atoms with E-state index >= 15 is 0 Å². The number of primary amides is 1. The second-order valence-electron chi connectivity index (χ2n) is 5.77. The predicted molar refractivity (Wildman–Crippen MR) is 81.6 cm³/mol. The molecule has 0 aromatic heterocycles. The Bertz CT molecular complexity index is 576. The highest BCUT2D eigenvalue weighted by molar-refractivity contribution is 6.34. The first-order valence-electron chi connectivity index (χ1n) is 6.95. The Hall–Kier alpha value is -1.75. The molecule has 21 heavy (non-hydrogen) atoms. The summed E-state index contributed by atoms with van der Waals surface area (Å²) in [5.74, 6) is -1.11. The van der Waals surface area contributed by atoms with E-state index in [9.17, 15) is 14.7 Å². The van der Waals surface area contributed by atoms with E-state index in [0.717, 1.165) is 12.8 Å². The molecule has 1 amide bonds. The second-order valence-corrected chi connectivity index (χ2v) is 6.18. The zero-order valence-corrected chi connectivity index (χ0v) is 12.6. The number of rotatable bonds is 4. The molecule has 1 aliphatic carbocycles. The summed E-state index contributed by atoms with van der Waals surface area (Å²) < 4.78 is 0. The number of amides is 1. The lowest BCUT2D eigenvalue weighted by molar-refractivity contribution is -0.144. The number of benzene rings is 1. The molecule has 1 fully saturated rings. The van der Waals surface area contributed by atoms with Crippen molar-refractivity contribution in [3.8, 4) is 0 Å². The summed E-state index contributed by atoms with van der Waals surface area (Å²) in [7, 11) is 0. The van der Waals surface area contributed by atoms with Crippen LogP contribution in [0, 0.1) is 5.92 Å². The van der Waals surface area contributed by atoms with Crippen molar-refractivity contribution in [2.45, 2.75) is 38.1 Å². The van der Waals surface area contributed by atoms with Gasteiger partial charge in [0.2, 0.25) is 5.91 Å². The minimum absolute atomic E-state index is 0.219. The van der Waals surface area contributed by atoms with Gasteiger partial charge >= 0.3 is 5.97 Å². The largest absolute Gasteiger partial charge is 0.480 e. The van der Waals surface area contributed by atoms with Gasteiger partial charge in [0, 0.05) is 5.69 Å². The maximum atomic E-state index is 11.7. The smallest absolute Gasteiger partial charge is 0.329 e. The third-order valence-corrected chi connectivity index (χ3v) is 4.34. The van der Waals surface area contributed by atoms with Crippen molar-refractivity contribution < 1.29 is 14.7 Å². The highest BCUT2D eigenvalue weighted by Crippen LogP contribution is 2.36. The number of anilines is 1. The van der Waals surface area contributed by atoms with Crippen molar-refractivity contribution in [3.63, 3.8) is 0 Å². The van der Waals surface area contributed by atoms with Gasteiger partial charge in [-0.3, -0.25) is 4.79 Å². The third kappa shape index (κ3) is 3.29. The molecule has 2 rings (SSSR count). The number of carboxylic acid groups (broad SMARTS) is 1. The summed E-state index contributed by atoms with van der Waals surface area (Å²) in [4.78, 5) is 22.9. The fourth-order valence-electron chi connectivity index (χ4n) is 2.98. The minimum atomic E-state index is -0.977. The summed E-state index contributed by atoms with van der Waals surface area (Å²) >= 11 is 6.01. The van der Waals surface area contributed by atoms with Gasteiger partial charge in [-0.1, -0.05) is 31.4 Å². The summed E-state index contributed by atoms with van der Waals surface area (Å²) in [6.45, 7) is 2.06. The minimum Gasteiger partial charge on any atom is -0.480 e. The molecule has 2 atom stereocenters. The average Bonchev–Trinajstić information content (AvgIpc) is 2.38. The van der Waals surface area contributed by atoms with Gasteiger partial charge in [0.15, 0.2) is 0 Å². The fourth-order valence-corrected chi connectivity index (χ4v) is 3.26. The van der Waals surface area contributed by atoms with Crippen LogP contribution < -0.4 is 11.1 Å². The maximum Gasteiger partial charge on any atom is 0.329 e. The third-order valence-electron chi connectivity index (χ3n) is 4.02. The topological polar surface area (TPSA) is 92.4 Å². The molecule has 2 unspecified atom stereocenters. The molecule has 4 N–H and O–H groups in total. The highest BCUT2D eigenvalue weighted by atomic mass is 35.5. The molecule has 0 heterocycles. The zero-order chi connectivity index (χ0) is 15.6. The number of halogens is 1. The zero-order valence-electron chi connectivity index (χ0n) is 11.9. The van der Waals surface area contributed by atoms with Crippen LogP contribution in [0.1, 0.15) is 43.0 Å². The van der Waals surface area contributed by atoms with Gasteiger partial charge < -0.3 is 16.2 Å². The molecule has 1 saturated carbocycles. The van der Waals surface area contributed by atoms with Crippen molar-refractivity contribution in [2.75, 3.05) is 5.32 Å². The van der Waals surface area contributed by atoms with Crippen LogP contribution in [-0.4, -0.2) is 22.5 Å². The van der Waals surface area contributed by atoms with Gasteiger partial charge in [0.25, 0.3) is 0 Å². The van der Waals surface area contributed by atoms with E-state index in [-0.39, 0.29) is 10.6 Å². The Morgan fingerprint density at radius 1 is 1.48 bits per heavy atom. The van der Waals surface area contributed by atoms with Crippen molar-refractivity contribution >= 4 is 29.2 Å². The number of nitrogens with two attached hydrogens (primary N) is 1. The van der Waals surface area contributed by atoms with Gasteiger partial charge in [-0.25, -0.2) is 4.79 Å². The van der Waals surface area contributed by atoms with E-state index in [1.54, 1.807) is 12.1 Å². The van der Waals surface area contributed by atoms with Gasteiger partial charge in [-0.05, 0) is 37.0 Å². The van der Waals surface area contributed by atoms with Crippen LogP contribution in [0.25, 0.3) is 0 Å². The first kappa shape index (κ1) is 15.6. The maximum absolute atomic E-state index is 11.7. The fraction of sp³-hybridized carbons (Fsp3) is 0.467. The Balaban J connectivity index is 2.27. The number of hydrogen-bond donors (Lipinski definition) is 3. The van der Waals surface area contributed by atoms with Crippen LogP contribution in [0.15, 0.2) is 18.2 Å². The van der Waals surface area contributed by atoms with Crippen LogP contribution in [-0.2, 0) is 4.79 Å². The van der Waals surface area contributed by atoms with Gasteiger partial charge in [0.05, 0.1) is 10.6 Å². The van der Waals surface area contributed by atoms with Crippen molar-refractivity contribution in [3.05, 3.63) is 28.8 Å². The van der Waals surface area contributed by atoms with Crippen LogP contribution in [0.3, 0.4) is 0 Å². The monoisotopic (exact) mass is 310 g/mol. The molecule has 1 aliphatic rings. The average molecular weight is 311 g/mol. The van der Waals surface area contributed by atoms with E-state index in [0.29, 0.717) is 24.4 Å². The number of carbonyl (C=O) groups is 2. The Labute approximate surface area is 128 Å². The molecule has 0 bridgehead atoms. The van der Waals surface area contributed by atoms with E-state index in [2.05, 4.69) is 12.2 Å². The summed E-state index contributed by atoms with van der Waals surface area (Å²) in [5, 5.41) is 12.9. The Kier molecular flexibility index (Phi) is 4.42. The summed E-state index contributed by atoms with van der Waals surface area (Å²) in [6.07, 6.45) is 3.05. The number of nitrogens with one attached hydrogen (secondary N) is 1. The molecule has 0 aliphatic heterocycles. The lowest BCUT2D eigenvalue weighted by Crippen LogP contribution is -2.49. The normalized spacial score (nSPS) is 25.3. The number of carboxylic acids is 1. The van der Waals surface area contributed by atoms with E-state index in [4.69, 9.17) is 17.3 Å². The first-order chi connectivity index (χ1) is 9.84. The van der Waals surface area contributed by atoms with Crippen LogP contribution in [0.4, 0.5) is 5.69 Å². The molecule has 0 saturated heterocycles. The first-order valence-corrected chi connectivity index (χ1v) is 7.33. The second kappa shape index (κ2) is 5.93. The number of aliphatic carboxylic acids is 1. The standard InChI is InChI=1S/C15H19ClN2O3/c1-9-3-2-6-15(8-9,14(20)21)18-10-4-5-11(13(17)19)12(16)7-10/h4-5,7,9,18H,2-3,6,8H2,1H3,(H2,17,19)(H,20,21). The lowest BCUT2D eigenvalue weighted by atomic mass is 9.76. The molecular weight excluding hydrogens is 292 g/mol. The summed E-state index contributed by atoms with van der Waals surface area (Å²) in [5.41, 5.74) is 5.04. The molecule has 6 heteroatoms. The lowest BCUT2D eigenvalue weighted by Gasteiger charge is -2.38. The van der Waals surface area contributed by atoms with Gasteiger partial charge in [0.1, 0.15) is 5.54 Å². The van der Waals surface area contributed by atoms with E-state index in [1.807, 2.05) is 0 Å². The van der Waals surface area contributed by atoms with E-state index in [1.165, 1.54) is 6.07 Å². The van der Waals surface area contributed by atoms with E-state index < -0.39 is 17.4 Å². The quantitative estimate of drug-likeness (QED) is 0.797. The van der Waals surface area contributed by atoms with Crippen molar-refractivity contribution in [1.29, 1.82) is 0 Å². The molecule has 0 spiro atoms. The van der Waals surface area contributed by atoms with Crippen LogP contribution in [0.5, 0.6) is 0 Å². The SMILES string of the molecule is CC1CCCC(Nc2ccc(C(N)=O)c(Cl)c2)(C(=O)O)C1. The molecule has 114 valence electrons. The molecular formula is C15H19ClN2O3. The van der Waals surface area contributed by atoms with Crippen LogP contribution >= 0.6 is 11.6 Å². The molecule has 1 aromatic rings. The Morgan fingerprint density at radius 3 is 2.71 bits per heavy atom. The van der Waals surface area contributed by atoms with Crippen molar-refractivity contribution in [1.82, 2.24) is 0 Å².